The number of rotatable bonds is 19. The van der Waals surface area contributed by atoms with Crippen molar-refractivity contribution in [2.75, 3.05) is 76.0 Å². The van der Waals surface area contributed by atoms with Crippen LogP contribution in [0.2, 0.25) is 0 Å². The van der Waals surface area contributed by atoms with E-state index in [0.717, 1.165) is 37.8 Å². The summed E-state index contributed by atoms with van der Waals surface area (Å²) in [5.41, 5.74) is 1.05. The molecule has 0 atom stereocenters. The minimum atomic E-state index is -0.463. The summed E-state index contributed by atoms with van der Waals surface area (Å²) in [6, 6.07) is 6.64. The van der Waals surface area contributed by atoms with E-state index >= 15 is 0 Å². The minimum Gasteiger partial charge on any atom is -0.493 e. The zero-order valence-electron chi connectivity index (χ0n) is 25.7. The highest BCUT2D eigenvalue weighted by molar-refractivity contribution is 5.91. The van der Waals surface area contributed by atoms with E-state index in [1.807, 2.05) is 7.05 Å². The fourth-order valence-electron chi connectivity index (χ4n) is 4.11. The molecule has 0 saturated heterocycles. The number of unbranched alkanes of at least 4 members (excludes halogenated alkanes) is 3. The van der Waals surface area contributed by atoms with Crippen molar-refractivity contribution < 1.29 is 47.5 Å². The van der Waals surface area contributed by atoms with Crippen LogP contribution in [0.4, 0.5) is 0 Å². The van der Waals surface area contributed by atoms with Crippen molar-refractivity contribution in [3.05, 3.63) is 41.5 Å². The molecule has 232 valence electrons. The Hall–Kier alpha value is -4.12. The fourth-order valence-corrected chi connectivity index (χ4v) is 4.11. The van der Waals surface area contributed by atoms with Gasteiger partial charge in [-0.25, -0.2) is 9.59 Å². The van der Waals surface area contributed by atoms with E-state index in [0.29, 0.717) is 53.2 Å². The molecule has 0 unspecified atom stereocenters. The van der Waals surface area contributed by atoms with Gasteiger partial charge in [0.25, 0.3) is 0 Å². The molecule has 0 aliphatic carbocycles. The molecule has 42 heavy (non-hydrogen) atoms. The van der Waals surface area contributed by atoms with Gasteiger partial charge in [-0.2, -0.15) is 0 Å². The third-order valence-corrected chi connectivity index (χ3v) is 6.38. The maximum Gasteiger partial charge on any atom is 0.338 e. The highest BCUT2D eigenvalue weighted by atomic mass is 16.5. The van der Waals surface area contributed by atoms with Crippen LogP contribution in [0.15, 0.2) is 30.3 Å². The highest BCUT2D eigenvalue weighted by Gasteiger charge is 2.18. The Morgan fingerprint density at radius 2 is 1.17 bits per heavy atom. The van der Waals surface area contributed by atoms with Crippen molar-refractivity contribution in [3.63, 3.8) is 0 Å². The third-order valence-electron chi connectivity index (χ3n) is 6.38. The van der Waals surface area contributed by atoms with Crippen LogP contribution in [0.25, 0.3) is 6.08 Å². The Morgan fingerprint density at radius 1 is 0.643 bits per heavy atom. The van der Waals surface area contributed by atoms with E-state index in [1.54, 1.807) is 30.3 Å². The zero-order valence-corrected chi connectivity index (χ0v) is 25.7. The number of carbonyl (C=O) groups is 2. The molecule has 0 heterocycles. The second-order valence-corrected chi connectivity index (χ2v) is 9.23. The Bertz CT molecular complexity index is 1130. The molecule has 11 nitrogen and oxygen atoms in total. The molecule has 0 saturated carbocycles. The van der Waals surface area contributed by atoms with Gasteiger partial charge in [0, 0.05) is 12.6 Å². The number of esters is 2. The molecular formula is C31H43NO10. The van der Waals surface area contributed by atoms with Crippen molar-refractivity contribution >= 4 is 18.0 Å². The van der Waals surface area contributed by atoms with E-state index < -0.39 is 11.9 Å². The first-order valence-electron chi connectivity index (χ1n) is 13.6. The van der Waals surface area contributed by atoms with Gasteiger partial charge >= 0.3 is 11.9 Å². The molecule has 11 heteroatoms. The van der Waals surface area contributed by atoms with Crippen LogP contribution in [0.1, 0.15) is 41.6 Å². The fraction of sp³-hybridized carbons (Fsp3) is 0.484. The number of hydrogen-bond donors (Lipinski definition) is 0. The summed E-state index contributed by atoms with van der Waals surface area (Å²) in [4.78, 5) is 26.7. The summed E-state index contributed by atoms with van der Waals surface area (Å²) in [7, 11) is 11.1. The number of hydrogen-bond acceptors (Lipinski definition) is 11. The molecule has 2 rings (SSSR count). The first-order valence-corrected chi connectivity index (χ1v) is 13.6. The van der Waals surface area contributed by atoms with Crippen molar-refractivity contribution in [3.8, 4) is 34.5 Å². The molecule has 0 amide bonds. The van der Waals surface area contributed by atoms with Gasteiger partial charge in [0.15, 0.2) is 23.0 Å². The summed E-state index contributed by atoms with van der Waals surface area (Å²) in [5.74, 6) is 1.82. The summed E-state index contributed by atoms with van der Waals surface area (Å²) in [5, 5.41) is 0. The molecular weight excluding hydrogens is 546 g/mol. The SMILES string of the molecule is COc1cc(/C=C/C(=O)OCCCCCCN(C)CCOC(=O)c2cc(OC)c(OC)c(OC)c2)cc(OC)c1OC. The summed E-state index contributed by atoms with van der Waals surface area (Å²) in [6.45, 7) is 2.07. The topological polar surface area (TPSA) is 111 Å². The standard InChI is InChI=1S/C31H43NO10/c1-32(15-17-42-31(34)23-20-26(37-4)30(40-7)27(21-23)38-5)14-10-8-9-11-16-41-28(33)13-12-22-18-24(35-2)29(39-6)25(19-22)36-3/h12-13,18-21H,8-11,14-17H2,1-7H3/b13-12+. The van der Waals surface area contributed by atoms with Crippen LogP contribution in [0, 0.1) is 0 Å². The Morgan fingerprint density at radius 3 is 1.69 bits per heavy atom. The summed E-state index contributed by atoms with van der Waals surface area (Å²) < 4.78 is 42.6. The maximum absolute atomic E-state index is 12.5. The molecule has 0 fully saturated rings. The van der Waals surface area contributed by atoms with Crippen LogP contribution in [0.3, 0.4) is 0 Å². The van der Waals surface area contributed by atoms with Crippen molar-refractivity contribution in [2.45, 2.75) is 25.7 Å². The van der Waals surface area contributed by atoms with Crippen LogP contribution in [-0.4, -0.2) is 92.8 Å². The van der Waals surface area contributed by atoms with Crippen molar-refractivity contribution in [2.24, 2.45) is 0 Å². The number of carbonyl (C=O) groups excluding carboxylic acids is 2. The quantitative estimate of drug-likeness (QED) is 0.130. The van der Waals surface area contributed by atoms with Crippen molar-refractivity contribution in [1.82, 2.24) is 4.90 Å². The summed E-state index contributed by atoms with van der Waals surface area (Å²) in [6.07, 6.45) is 6.71. The molecule has 0 spiro atoms. The largest absolute Gasteiger partial charge is 0.493 e. The van der Waals surface area contributed by atoms with Crippen LogP contribution >= 0.6 is 0 Å². The Labute approximate surface area is 248 Å². The maximum atomic E-state index is 12.5. The first kappa shape index (κ1) is 34.1. The number of methoxy groups -OCH3 is 6. The lowest BCUT2D eigenvalue weighted by Gasteiger charge is -2.17. The Kier molecular flexibility index (Phi) is 14.9. The molecule has 0 aliphatic rings. The lowest BCUT2D eigenvalue weighted by Crippen LogP contribution is -2.25. The van der Waals surface area contributed by atoms with Crippen molar-refractivity contribution in [1.29, 1.82) is 0 Å². The molecule has 2 aromatic carbocycles. The first-order chi connectivity index (χ1) is 20.3. The van der Waals surface area contributed by atoms with E-state index in [2.05, 4.69) is 4.90 Å². The van der Waals surface area contributed by atoms with E-state index in [1.165, 1.54) is 48.7 Å². The molecule has 0 bridgehead atoms. The second kappa shape index (κ2) is 18.3. The number of likely N-dealkylation sites (N-methyl/N-ethyl adjacent to an activating group) is 1. The molecule has 2 aromatic rings. The average Bonchev–Trinajstić information content (AvgIpc) is 3.01. The van der Waals surface area contributed by atoms with Gasteiger partial charge in [-0.05, 0) is 62.3 Å². The molecule has 0 aliphatic heterocycles. The van der Waals surface area contributed by atoms with Crippen LogP contribution < -0.4 is 28.4 Å². The number of nitrogens with zero attached hydrogens (tertiary/aromatic N) is 1. The average molecular weight is 590 g/mol. The predicted octanol–water partition coefficient (Wildman–Crippen LogP) is 4.64. The molecule has 0 N–H and O–H groups in total. The van der Waals surface area contributed by atoms with Gasteiger partial charge in [-0.15, -0.1) is 0 Å². The van der Waals surface area contributed by atoms with E-state index in [9.17, 15) is 9.59 Å². The van der Waals surface area contributed by atoms with Gasteiger partial charge in [-0.1, -0.05) is 12.8 Å². The smallest absolute Gasteiger partial charge is 0.338 e. The van der Waals surface area contributed by atoms with Gasteiger partial charge in [0.2, 0.25) is 11.5 Å². The van der Waals surface area contributed by atoms with E-state index in [-0.39, 0.29) is 6.61 Å². The van der Waals surface area contributed by atoms with Gasteiger partial charge in [0.1, 0.15) is 6.61 Å². The normalized spacial score (nSPS) is 10.9. The number of benzene rings is 2. The predicted molar refractivity (Wildman–Crippen MR) is 158 cm³/mol. The van der Waals surface area contributed by atoms with Crippen LogP contribution in [-0.2, 0) is 14.3 Å². The van der Waals surface area contributed by atoms with Gasteiger partial charge in [0.05, 0.1) is 54.8 Å². The Balaban J connectivity index is 1.63. The number of ether oxygens (including phenoxy) is 8. The van der Waals surface area contributed by atoms with Crippen LogP contribution in [0.5, 0.6) is 34.5 Å². The monoisotopic (exact) mass is 589 g/mol. The molecule has 0 aromatic heterocycles. The zero-order chi connectivity index (χ0) is 30.9. The second-order valence-electron chi connectivity index (χ2n) is 9.23. The third kappa shape index (κ3) is 10.4. The highest BCUT2D eigenvalue weighted by Crippen LogP contribution is 2.39. The molecule has 0 radical (unpaired) electrons. The minimum absolute atomic E-state index is 0.256. The lowest BCUT2D eigenvalue weighted by atomic mass is 10.1. The van der Waals surface area contributed by atoms with Gasteiger partial charge in [-0.3, -0.25) is 0 Å². The summed E-state index contributed by atoms with van der Waals surface area (Å²) >= 11 is 0. The van der Waals surface area contributed by atoms with Gasteiger partial charge < -0.3 is 42.8 Å². The van der Waals surface area contributed by atoms with E-state index in [4.69, 9.17) is 37.9 Å². The lowest BCUT2D eigenvalue weighted by molar-refractivity contribution is -0.137.